The summed E-state index contributed by atoms with van der Waals surface area (Å²) in [6.07, 6.45) is 3.55. The molecule has 152 valence electrons. The van der Waals surface area contributed by atoms with Gasteiger partial charge in [-0.25, -0.2) is 10.2 Å². The average Bonchev–Trinajstić information content (AvgIpc) is 2.72. The lowest BCUT2D eigenvalue weighted by atomic mass is 10.1. The highest BCUT2D eigenvalue weighted by molar-refractivity contribution is 5.95. The third kappa shape index (κ3) is 6.10. The van der Waals surface area contributed by atoms with Crippen molar-refractivity contribution in [3.05, 3.63) is 65.7 Å². The van der Waals surface area contributed by atoms with E-state index in [-0.39, 0.29) is 5.91 Å². The molecule has 0 fully saturated rings. The Labute approximate surface area is 168 Å². The zero-order chi connectivity index (χ0) is 21.2. The molecule has 8 heteroatoms. The first-order valence-corrected chi connectivity index (χ1v) is 8.62. The Morgan fingerprint density at radius 1 is 1.21 bits per heavy atom. The molecule has 0 heterocycles. The molecular weight excluding hydrogens is 376 g/mol. The maximum absolute atomic E-state index is 12.2. The Balaban J connectivity index is 2.20. The summed E-state index contributed by atoms with van der Waals surface area (Å²) in [4.78, 5) is 23.0. The van der Waals surface area contributed by atoms with Crippen molar-refractivity contribution in [3.63, 3.8) is 0 Å². The van der Waals surface area contributed by atoms with Crippen LogP contribution in [-0.4, -0.2) is 44.0 Å². The van der Waals surface area contributed by atoms with Crippen molar-refractivity contribution in [2.75, 3.05) is 20.8 Å². The summed E-state index contributed by atoms with van der Waals surface area (Å²) in [6.45, 7) is 3.20. The monoisotopic (exact) mass is 398 g/mol. The Morgan fingerprint density at radius 3 is 2.66 bits per heavy atom. The summed E-state index contributed by atoms with van der Waals surface area (Å²) in [5.41, 5.74) is 4.17. The van der Waals surface area contributed by atoms with E-state index in [1.807, 2.05) is 0 Å². The molecule has 0 unspecified atom stereocenters. The topological polar surface area (TPSA) is 106 Å². The van der Waals surface area contributed by atoms with E-state index in [1.54, 1.807) is 42.5 Å². The first-order chi connectivity index (χ1) is 14.0. The molecule has 0 atom stereocenters. The first-order valence-electron chi connectivity index (χ1n) is 8.62. The summed E-state index contributed by atoms with van der Waals surface area (Å²) in [5, 5.41) is 12.8. The normalized spacial score (nSPS) is 10.4. The maximum atomic E-state index is 12.2. The molecule has 2 rings (SSSR count). The quantitative estimate of drug-likeness (QED) is 0.362. The number of carboxylic acid groups (broad SMARTS) is 1. The minimum absolute atomic E-state index is 0.326. The fourth-order valence-corrected chi connectivity index (χ4v) is 2.51. The lowest BCUT2D eigenvalue weighted by Gasteiger charge is -2.14. The largest absolute Gasteiger partial charge is 0.497 e. The Kier molecular flexibility index (Phi) is 7.78. The highest BCUT2D eigenvalue weighted by Crippen LogP contribution is 2.33. The molecule has 0 aliphatic heterocycles. The number of methoxy groups -OCH3 is 2. The van der Waals surface area contributed by atoms with Gasteiger partial charge in [0, 0.05) is 11.1 Å². The van der Waals surface area contributed by atoms with Gasteiger partial charge in [0.25, 0.3) is 5.91 Å². The van der Waals surface area contributed by atoms with Crippen molar-refractivity contribution in [2.45, 2.75) is 6.42 Å². The van der Waals surface area contributed by atoms with Gasteiger partial charge < -0.3 is 19.3 Å². The maximum Gasteiger partial charge on any atom is 0.341 e. The van der Waals surface area contributed by atoms with Gasteiger partial charge in [0.2, 0.25) is 0 Å². The van der Waals surface area contributed by atoms with Gasteiger partial charge in [-0.2, -0.15) is 5.10 Å². The van der Waals surface area contributed by atoms with E-state index in [4.69, 9.17) is 19.3 Å². The highest BCUT2D eigenvalue weighted by Gasteiger charge is 2.14. The van der Waals surface area contributed by atoms with E-state index in [1.165, 1.54) is 20.4 Å². The van der Waals surface area contributed by atoms with E-state index >= 15 is 0 Å². The number of nitrogens with zero attached hydrogens (tertiary/aromatic N) is 1. The minimum Gasteiger partial charge on any atom is -0.497 e. The van der Waals surface area contributed by atoms with Crippen LogP contribution in [0.4, 0.5) is 0 Å². The van der Waals surface area contributed by atoms with Gasteiger partial charge in [-0.1, -0.05) is 12.1 Å². The number of carboxylic acids is 1. The number of benzene rings is 2. The average molecular weight is 398 g/mol. The van der Waals surface area contributed by atoms with Gasteiger partial charge in [0.15, 0.2) is 18.1 Å². The predicted molar refractivity (Wildman–Crippen MR) is 108 cm³/mol. The third-order valence-corrected chi connectivity index (χ3v) is 3.79. The van der Waals surface area contributed by atoms with E-state index in [2.05, 4.69) is 17.1 Å². The van der Waals surface area contributed by atoms with Gasteiger partial charge >= 0.3 is 5.97 Å². The molecular formula is C21H22N2O6. The van der Waals surface area contributed by atoms with Crippen LogP contribution < -0.4 is 19.6 Å². The summed E-state index contributed by atoms with van der Waals surface area (Å²) < 4.78 is 15.8. The van der Waals surface area contributed by atoms with E-state index in [9.17, 15) is 9.59 Å². The first kappa shape index (κ1) is 21.5. The lowest BCUT2D eigenvalue weighted by molar-refractivity contribution is -0.139. The summed E-state index contributed by atoms with van der Waals surface area (Å²) in [6, 6.07) is 10.1. The molecule has 0 aromatic heterocycles. The number of hydrogen-bond donors (Lipinski definition) is 2. The molecule has 2 aromatic carbocycles. The molecule has 0 spiro atoms. The third-order valence-electron chi connectivity index (χ3n) is 3.79. The molecule has 0 aliphatic rings. The number of carbonyl (C=O) groups is 2. The number of carbonyl (C=O) groups excluding carboxylic acids is 1. The summed E-state index contributed by atoms with van der Waals surface area (Å²) in [5.74, 6) is -0.238. The zero-order valence-electron chi connectivity index (χ0n) is 16.2. The Morgan fingerprint density at radius 2 is 2.00 bits per heavy atom. The molecule has 2 aromatic rings. The molecule has 8 nitrogen and oxygen atoms in total. The van der Waals surface area contributed by atoms with Crippen molar-refractivity contribution in [2.24, 2.45) is 5.10 Å². The van der Waals surface area contributed by atoms with Crippen LogP contribution in [0.3, 0.4) is 0 Å². The highest BCUT2D eigenvalue weighted by atomic mass is 16.5. The number of aliphatic carboxylic acids is 1. The molecule has 0 aliphatic carbocycles. The number of allylic oxidation sites excluding steroid dienone is 1. The molecule has 2 N–H and O–H groups in total. The van der Waals surface area contributed by atoms with Crippen molar-refractivity contribution in [1.29, 1.82) is 0 Å². The zero-order valence-corrected chi connectivity index (χ0v) is 16.2. The lowest BCUT2D eigenvalue weighted by Crippen LogP contribution is -2.17. The number of ether oxygens (including phenoxy) is 3. The van der Waals surface area contributed by atoms with Crippen molar-refractivity contribution < 1.29 is 28.9 Å². The molecule has 29 heavy (non-hydrogen) atoms. The smallest absolute Gasteiger partial charge is 0.341 e. The minimum atomic E-state index is -1.09. The fraction of sp³-hybridized carbons (Fsp3) is 0.190. The SMILES string of the molecule is C=CCc1cc(/C=N\NC(=O)c2cccc(OC)c2)cc(OC)c1OCC(=O)O. The van der Waals surface area contributed by atoms with Gasteiger partial charge in [0.05, 0.1) is 20.4 Å². The van der Waals surface area contributed by atoms with Crippen LogP contribution in [0.15, 0.2) is 54.2 Å². The molecule has 0 radical (unpaired) electrons. The van der Waals surface area contributed by atoms with Crippen LogP contribution in [0.2, 0.25) is 0 Å². The molecule has 0 bridgehead atoms. The number of rotatable bonds is 10. The van der Waals surface area contributed by atoms with Gasteiger partial charge in [-0.3, -0.25) is 4.79 Å². The number of hydrazone groups is 1. The van der Waals surface area contributed by atoms with Gasteiger partial charge in [0.1, 0.15) is 5.75 Å². The van der Waals surface area contributed by atoms with E-state index in [0.717, 1.165) is 0 Å². The number of amides is 1. The second kappa shape index (κ2) is 10.5. The second-order valence-corrected chi connectivity index (χ2v) is 5.82. The molecule has 0 saturated heterocycles. The summed E-state index contributed by atoms with van der Waals surface area (Å²) in [7, 11) is 2.97. The summed E-state index contributed by atoms with van der Waals surface area (Å²) >= 11 is 0. The van der Waals surface area contributed by atoms with Crippen LogP contribution >= 0.6 is 0 Å². The van der Waals surface area contributed by atoms with Gasteiger partial charge in [-0.15, -0.1) is 6.58 Å². The van der Waals surface area contributed by atoms with Crippen LogP contribution in [-0.2, 0) is 11.2 Å². The molecule has 0 saturated carbocycles. The van der Waals surface area contributed by atoms with Gasteiger partial charge in [-0.05, 0) is 42.3 Å². The van der Waals surface area contributed by atoms with E-state index in [0.29, 0.717) is 40.4 Å². The second-order valence-electron chi connectivity index (χ2n) is 5.82. The number of hydrogen-bond acceptors (Lipinski definition) is 6. The van der Waals surface area contributed by atoms with Crippen molar-refractivity contribution >= 4 is 18.1 Å². The van der Waals surface area contributed by atoms with Crippen LogP contribution in [0.1, 0.15) is 21.5 Å². The predicted octanol–water partition coefficient (Wildman–Crippen LogP) is 2.66. The van der Waals surface area contributed by atoms with Crippen molar-refractivity contribution in [3.8, 4) is 17.2 Å². The fourth-order valence-electron chi connectivity index (χ4n) is 2.51. The van der Waals surface area contributed by atoms with Crippen LogP contribution in [0.25, 0.3) is 0 Å². The van der Waals surface area contributed by atoms with Crippen LogP contribution in [0, 0.1) is 0 Å². The Hall–Kier alpha value is -3.81. The Bertz CT molecular complexity index is 923. The van der Waals surface area contributed by atoms with E-state index < -0.39 is 12.6 Å². The standard InChI is InChI=1S/C21H22N2O6/c1-4-6-15-9-14(10-18(28-3)20(15)29-13-19(24)25)12-22-23-21(26)16-7-5-8-17(11-16)27-2/h4-5,7-12H,1,6,13H2,2-3H3,(H,23,26)(H,24,25)/b22-12-. The number of nitrogens with one attached hydrogen (secondary N) is 1. The molecule has 1 amide bonds. The van der Waals surface area contributed by atoms with Crippen molar-refractivity contribution in [1.82, 2.24) is 5.43 Å². The van der Waals surface area contributed by atoms with Crippen LogP contribution in [0.5, 0.6) is 17.2 Å².